The van der Waals surface area contributed by atoms with Crippen molar-refractivity contribution >= 4 is 23.5 Å². The lowest BCUT2D eigenvalue weighted by Gasteiger charge is -2.10. The van der Waals surface area contributed by atoms with Crippen LogP contribution in [0.1, 0.15) is 11.1 Å². The molecule has 60 valence electrons. The highest BCUT2D eigenvalue weighted by atomic mass is 35.5. The van der Waals surface area contributed by atoms with Crippen LogP contribution in [0.2, 0.25) is 5.02 Å². The molecular weight excluding hydrogens is 172 g/mol. The zero-order valence-electron chi connectivity index (χ0n) is 6.38. The van der Waals surface area contributed by atoms with Gasteiger partial charge >= 0.3 is 0 Å². The molecule has 0 saturated carbocycles. The summed E-state index contributed by atoms with van der Waals surface area (Å²) in [6, 6.07) is 5.66. The first-order valence-corrected chi connectivity index (χ1v) is 4.13. The lowest BCUT2D eigenvalue weighted by molar-refractivity contribution is -0.114. The number of benzene rings is 1. The van der Waals surface area contributed by atoms with Gasteiger partial charge in [-0.2, -0.15) is 0 Å². The topological polar surface area (TPSA) is 17.1 Å². The molecule has 1 aliphatic rings. The van der Waals surface area contributed by atoms with Gasteiger partial charge < -0.3 is 0 Å². The third kappa shape index (κ3) is 1.16. The van der Waals surface area contributed by atoms with Gasteiger partial charge in [0.15, 0.2) is 5.78 Å². The third-order valence-corrected chi connectivity index (χ3v) is 2.31. The number of fused-ring (bicyclic) bond motifs is 1. The first-order valence-electron chi connectivity index (χ1n) is 3.75. The van der Waals surface area contributed by atoms with E-state index in [-0.39, 0.29) is 5.78 Å². The van der Waals surface area contributed by atoms with Crippen LogP contribution in [0, 0.1) is 0 Å². The molecule has 0 atom stereocenters. The van der Waals surface area contributed by atoms with Crippen molar-refractivity contribution in [2.45, 2.75) is 6.42 Å². The zero-order valence-corrected chi connectivity index (χ0v) is 7.14. The van der Waals surface area contributed by atoms with Crippen LogP contribution in [0.3, 0.4) is 0 Å². The Morgan fingerprint density at radius 2 is 2.08 bits per heavy atom. The van der Waals surface area contributed by atoms with Gasteiger partial charge in [-0.25, -0.2) is 0 Å². The van der Waals surface area contributed by atoms with Gasteiger partial charge in [-0.05, 0) is 23.3 Å². The van der Waals surface area contributed by atoms with E-state index >= 15 is 0 Å². The molecule has 0 fully saturated rings. The molecule has 0 heterocycles. The monoisotopic (exact) mass is 178 g/mol. The Kier molecular flexibility index (Phi) is 1.74. The maximum absolute atomic E-state index is 11.0. The van der Waals surface area contributed by atoms with E-state index < -0.39 is 0 Å². The fraction of sp³-hybridized carbons (Fsp3) is 0.100. The molecular formula is C10H7ClO. The lowest BCUT2D eigenvalue weighted by Crippen LogP contribution is -2.05. The van der Waals surface area contributed by atoms with Crippen molar-refractivity contribution in [1.29, 1.82) is 0 Å². The molecule has 1 nitrogen and oxygen atoms in total. The van der Waals surface area contributed by atoms with E-state index in [0.717, 1.165) is 11.1 Å². The van der Waals surface area contributed by atoms with E-state index in [1.807, 2.05) is 24.3 Å². The van der Waals surface area contributed by atoms with Crippen molar-refractivity contribution in [3.8, 4) is 0 Å². The molecule has 0 bridgehead atoms. The maximum Gasteiger partial charge on any atom is 0.160 e. The summed E-state index contributed by atoms with van der Waals surface area (Å²) in [5.41, 5.74) is 2.01. The Hall–Kier alpha value is -1.08. The Balaban J connectivity index is 2.60. The van der Waals surface area contributed by atoms with E-state index in [0.29, 0.717) is 11.4 Å². The number of ketones is 1. The Morgan fingerprint density at radius 1 is 1.25 bits per heavy atom. The van der Waals surface area contributed by atoms with Crippen LogP contribution in [0.25, 0.3) is 6.08 Å². The number of allylic oxidation sites excluding steroid dienone is 1. The van der Waals surface area contributed by atoms with Crippen molar-refractivity contribution in [3.63, 3.8) is 0 Å². The van der Waals surface area contributed by atoms with Crippen LogP contribution >= 0.6 is 11.6 Å². The van der Waals surface area contributed by atoms with E-state index in [1.165, 1.54) is 0 Å². The van der Waals surface area contributed by atoms with Crippen molar-refractivity contribution in [1.82, 2.24) is 0 Å². The Labute approximate surface area is 75.7 Å². The van der Waals surface area contributed by atoms with Gasteiger partial charge in [-0.1, -0.05) is 29.8 Å². The minimum Gasteiger partial charge on any atom is -0.294 e. The van der Waals surface area contributed by atoms with Gasteiger partial charge in [0, 0.05) is 11.4 Å². The average Bonchev–Trinajstić information content (AvgIpc) is 2.07. The van der Waals surface area contributed by atoms with Crippen LogP contribution in [0.5, 0.6) is 0 Å². The van der Waals surface area contributed by atoms with Crippen LogP contribution in [-0.4, -0.2) is 5.78 Å². The van der Waals surface area contributed by atoms with Crippen molar-refractivity contribution in [2.24, 2.45) is 0 Å². The standard InChI is InChI=1S/C10H7ClO/c11-10-3-1-2-7-4-5-8(12)6-9(7)10/h1-5H,6H2. The predicted molar refractivity (Wildman–Crippen MR) is 49.2 cm³/mol. The minimum atomic E-state index is 0.121. The van der Waals surface area contributed by atoms with Crippen LogP contribution < -0.4 is 0 Å². The zero-order chi connectivity index (χ0) is 8.55. The fourth-order valence-electron chi connectivity index (χ4n) is 1.33. The highest BCUT2D eigenvalue weighted by molar-refractivity contribution is 6.32. The summed E-state index contributed by atoms with van der Waals surface area (Å²) >= 11 is 5.92. The van der Waals surface area contributed by atoms with Gasteiger partial charge in [-0.15, -0.1) is 0 Å². The first-order chi connectivity index (χ1) is 5.77. The third-order valence-electron chi connectivity index (χ3n) is 1.95. The average molecular weight is 179 g/mol. The van der Waals surface area contributed by atoms with Gasteiger partial charge in [0.1, 0.15) is 0 Å². The molecule has 2 heteroatoms. The van der Waals surface area contributed by atoms with E-state index in [9.17, 15) is 4.79 Å². The van der Waals surface area contributed by atoms with Gasteiger partial charge in [0.25, 0.3) is 0 Å². The van der Waals surface area contributed by atoms with E-state index in [2.05, 4.69) is 0 Å². The number of carbonyl (C=O) groups excluding carboxylic acids is 1. The Bertz CT molecular complexity index is 366. The number of hydrogen-bond acceptors (Lipinski definition) is 1. The molecule has 2 rings (SSSR count). The quantitative estimate of drug-likeness (QED) is 0.597. The summed E-state index contributed by atoms with van der Waals surface area (Å²) in [5.74, 6) is 0.121. The molecule has 1 aliphatic carbocycles. The van der Waals surface area contributed by atoms with Gasteiger partial charge in [-0.3, -0.25) is 4.79 Å². The number of rotatable bonds is 0. The highest BCUT2D eigenvalue weighted by Crippen LogP contribution is 2.24. The summed E-state index contributed by atoms with van der Waals surface area (Å²) in [6.07, 6.45) is 3.84. The molecule has 0 amide bonds. The first kappa shape index (κ1) is 7.56. The second kappa shape index (κ2) is 2.76. The maximum atomic E-state index is 11.0. The lowest BCUT2D eigenvalue weighted by atomic mass is 9.97. The van der Waals surface area contributed by atoms with Crippen molar-refractivity contribution in [2.75, 3.05) is 0 Å². The molecule has 0 radical (unpaired) electrons. The molecule has 0 aliphatic heterocycles. The highest BCUT2D eigenvalue weighted by Gasteiger charge is 2.12. The number of halogens is 1. The summed E-state index contributed by atoms with van der Waals surface area (Å²) in [6.45, 7) is 0. The SMILES string of the molecule is O=C1C=Cc2cccc(Cl)c2C1. The summed E-state index contributed by atoms with van der Waals surface area (Å²) in [7, 11) is 0. The van der Waals surface area contributed by atoms with Crippen molar-refractivity contribution < 1.29 is 4.79 Å². The second-order valence-electron chi connectivity index (χ2n) is 2.78. The molecule has 0 aromatic heterocycles. The smallest absolute Gasteiger partial charge is 0.160 e. The minimum absolute atomic E-state index is 0.121. The van der Waals surface area contributed by atoms with Crippen LogP contribution in [0.15, 0.2) is 24.3 Å². The summed E-state index contributed by atoms with van der Waals surface area (Å²) in [5, 5.41) is 0.685. The Morgan fingerprint density at radius 3 is 2.92 bits per heavy atom. The van der Waals surface area contributed by atoms with Crippen molar-refractivity contribution in [3.05, 3.63) is 40.4 Å². The van der Waals surface area contributed by atoms with Crippen LogP contribution in [0.4, 0.5) is 0 Å². The largest absolute Gasteiger partial charge is 0.294 e. The van der Waals surface area contributed by atoms with Gasteiger partial charge in [0.05, 0.1) is 0 Å². The molecule has 0 saturated heterocycles. The van der Waals surface area contributed by atoms with E-state index in [1.54, 1.807) is 6.08 Å². The molecule has 1 aromatic rings. The van der Waals surface area contributed by atoms with Gasteiger partial charge in [0.2, 0.25) is 0 Å². The second-order valence-corrected chi connectivity index (χ2v) is 3.19. The fourth-order valence-corrected chi connectivity index (χ4v) is 1.58. The number of carbonyl (C=O) groups is 1. The molecule has 1 aromatic carbocycles. The molecule has 12 heavy (non-hydrogen) atoms. The normalized spacial score (nSPS) is 14.6. The number of hydrogen-bond donors (Lipinski definition) is 0. The predicted octanol–water partition coefficient (Wildman–Crippen LogP) is 2.48. The molecule has 0 spiro atoms. The summed E-state index contributed by atoms with van der Waals surface area (Å²) in [4.78, 5) is 11.0. The summed E-state index contributed by atoms with van der Waals surface area (Å²) < 4.78 is 0. The molecule has 0 N–H and O–H groups in total. The van der Waals surface area contributed by atoms with Crippen LogP contribution in [-0.2, 0) is 11.2 Å². The van der Waals surface area contributed by atoms with E-state index in [4.69, 9.17) is 11.6 Å². The molecule has 0 unspecified atom stereocenters.